The van der Waals surface area contributed by atoms with Gasteiger partial charge in [-0.15, -0.1) is 0 Å². The van der Waals surface area contributed by atoms with Crippen LogP contribution in [0.25, 0.3) is 0 Å². The van der Waals surface area contributed by atoms with E-state index >= 15 is 0 Å². The molecule has 0 fully saturated rings. The van der Waals surface area contributed by atoms with Crippen molar-refractivity contribution < 1.29 is 29.0 Å². The minimum Gasteiger partial charge on any atom is -0.459 e. The first-order valence-electron chi connectivity index (χ1n) is 6.36. The van der Waals surface area contributed by atoms with Gasteiger partial charge in [0.25, 0.3) is 0 Å². The predicted octanol–water partition coefficient (Wildman–Crippen LogP) is 0.686. The van der Waals surface area contributed by atoms with E-state index in [0.29, 0.717) is 6.42 Å². The lowest BCUT2D eigenvalue weighted by Gasteiger charge is -2.15. The molecule has 20 heavy (non-hydrogen) atoms. The van der Waals surface area contributed by atoms with Crippen molar-refractivity contribution in [3.05, 3.63) is 24.3 Å². The normalized spacial score (nSPS) is 32.8. The number of cyclic esters (lactones) is 2. The SMILES string of the molecule is C[C@@H]1C/C=C\C(=O)O[C@@H](C)C[C@@H](O)C(=O)/C=C\C(=O)O1. The molecule has 1 aliphatic heterocycles. The van der Waals surface area contributed by atoms with Crippen molar-refractivity contribution in [3.8, 4) is 0 Å². The first-order valence-corrected chi connectivity index (χ1v) is 6.36. The van der Waals surface area contributed by atoms with Crippen LogP contribution < -0.4 is 0 Å². The van der Waals surface area contributed by atoms with E-state index in [4.69, 9.17) is 9.47 Å². The maximum atomic E-state index is 11.5. The Bertz CT molecular complexity index is 437. The molecule has 110 valence electrons. The summed E-state index contributed by atoms with van der Waals surface area (Å²) in [4.78, 5) is 34.3. The number of esters is 2. The second-order valence-electron chi connectivity index (χ2n) is 4.62. The summed E-state index contributed by atoms with van der Waals surface area (Å²) in [5, 5.41) is 9.62. The topological polar surface area (TPSA) is 89.9 Å². The molecule has 0 radical (unpaired) electrons. The highest BCUT2D eigenvalue weighted by molar-refractivity contribution is 5.98. The number of aliphatic hydroxyl groups is 1. The molecule has 0 bridgehead atoms. The van der Waals surface area contributed by atoms with Crippen LogP contribution in [0.3, 0.4) is 0 Å². The fraction of sp³-hybridized carbons (Fsp3) is 0.500. The molecule has 6 nitrogen and oxygen atoms in total. The number of ketones is 1. The van der Waals surface area contributed by atoms with E-state index in [1.165, 1.54) is 6.08 Å². The molecule has 0 aromatic carbocycles. The second kappa shape index (κ2) is 7.59. The van der Waals surface area contributed by atoms with Crippen molar-refractivity contribution in [3.63, 3.8) is 0 Å². The van der Waals surface area contributed by atoms with Gasteiger partial charge in [0, 0.05) is 25.0 Å². The molecule has 6 heteroatoms. The van der Waals surface area contributed by atoms with E-state index in [9.17, 15) is 19.5 Å². The number of hydrogen-bond acceptors (Lipinski definition) is 6. The summed E-state index contributed by atoms with van der Waals surface area (Å²) >= 11 is 0. The van der Waals surface area contributed by atoms with E-state index in [0.717, 1.165) is 12.2 Å². The summed E-state index contributed by atoms with van der Waals surface area (Å²) in [7, 11) is 0. The maximum Gasteiger partial charge on any atom is 0.331 e. The molecule has 0 spiro atoms. The highest BCUT2D eigenvalue weighted by atomic mass is 16.5. The third kappa shape index (κ3) is 5.79. The van der Waals surface area contributed by atoms with Gasteiger partial charge in [0.1, 0.15) is 18.3 Å². The van der Waals surface area contributed by atoms with E-state index in [1.54, 1.807) is 19.9 Å². The minimum atomic E-state index is -1.33. The molecular formula is C14H18O6. The van der Waals surface area contributed by atoms with Gasteiger partial charge in [-0.1, -0.05) is 6.08 Å². The number of carbonyl (C=O) groups is 3. The maximum absolute atomic E-state index is 11.5. The van der Waals surface area contributed by atoms with E-state index < -0.39 is 36.0 Å². The van der Waals surface area contributed by atoms with Gasteiger partial charge in [0.15, 0.2) is 5.78 Å². The Kier molecular flexibility index (Phi) is 6.11. The number of aliphatic hydroxyl groups excluding tert-OH is 1. The lowest BCUT2D eigenvalue weighted by molar-refractivity contribution is -0.144. The molecule has 0 amide bonds. The smallest absolute Gasteiger partial charge is 0.331 e. The van der Waals surface area contributed by atoms with Crippen LogP contribution >= 0.6 is 0 Å². The van der Waals surface area contributed by atoms with Crippen molar-refractivity contribution >= 4 is 17.7 Å². The third-order valence-corrected chi connectivity index (χ3v) is 2.62. The van der Waals surface area contributed by atoms with Gasteiger partial charge >= 0.3 is 11.9 Å². The summed E-state index contributed by atoms with van der Waals surface area (Å²) in [5.41, 5.74) is 0. The van der Waals surface area contributed by atoms with E-state index in [2.05, 4.69) is 0 Å². The fourth-order valence-electron chi connectivity index (χ4n) is 1.62. The zero-order chi connectivity index (χ0) is 15.1. The lowest BCUT2D eigenvalue weighted by atomic mass is 10.1. The Balaban J connectivity index is 2.82. The molecule has 0 unspecified atom stereocenters. The first kappa shape index (κ1) is 16.1. The van der Waals surface area contributed by atoms with Crippen LogP contribution in [0.2, 0.25) is 0 Å². The zero-order valence-electron chi connectivity index (χ0n) is 11.4. The predicted molar refractivity (Wildman–Crippen MR) is 69.6 cm³/mol. The number of rotatable bonds is 0. The first-order chi connectivity index (χ1) is 9.38. The van der Waals surface area contributed by atoms with Crippen molar-refractivity contribution in [1.82, 2.24) is 0 Å². The average Bonchev–Trinajstić information content (AvgIpc) is 2.34. The Labute approximate surface area is 117 Å². The molecule has 0 saturated heterocycles. The lowest BCUT2D eigenvalue weighted by Crippen LogP contribution is -2.26. The van der Waals surface area contributed by atoms with Crippen molar-refractivity contribution in [2.75, 3.05) is 0 Å². The van der Waals surface area contributed by atoms with Crippen molar-refractivity contribution in [2.24, 2.45) is 0 Å². The molecule has 0 aliphatic carbocycles. The van der Waals surface area contributed by atoms with Crippen LogP contribution in [0.4, 0.5) is 0 Å². The quantitative estimate of drug-likeness (QED) is 0.657. The van der Waals surface area contributed by atoms with Crippen LogP contribution in [0.1, 0.15) is 26.7 Å². The Morgan fingerprint density at radius 2 is 1.60 bits per heavy atom. The highest BCUT2D eigenvalue weighted by Crippen LogP contribution is 2.07. The standard InChI is InChI=1S/C14H18O6/c1-9-4-3-5-13(17)20-10(2)8-12(16)11(15)6-7-14(18)19-9/h3,5-7,9-10,12,16H,4,8H2,1-2H3/b5-3-,7-6-/t9-,10+,12-/m1/s1. The third-order valence-electron chi connectivity index (χ3n) is 2.62. The largest absolute Gasteiger partial charge is 0.459 e. The Hall–Kier alpha value is -1.95. The van der Waals surface area contributed by atoms with Gasteiger partial charge in [0.2, 0.25) is 0 Å². The van der Waals surface area contributed by atoms with E-state index in [-0.39, 0.29) is 6.42 Å². The summed E-state index contributed by atoms with van der Waals surface area (Å²) in [5.74, 6) is -1.87. The van der Waals surface area contributed by atoms with E-state index in [1.807, 2.05) is 0 Å². The fourth-order valence-corrected chi connectivity index (χ4v) is 1.62. The molecular weight excluding hydrogens is 264 g/mol. The van der Waals surface area contributed by atoms with Crippen LogP contribution in [0, 0.1) is 0 Å². The zero-order valence-corrected chi connectivity index (χ0v) is 11.4. The molecule has 1 heterocycles. The average molecular weight is 282 g/mol. The molecule has 0 aromatic heterocycles. The number of ether oxygens (including phenoxy) is 2. The summed E-state index contributed by atoms with van der Waals surface area (Å²) in [6, 6.07) is 0. The minimum absolute atomic E-state index is 0.0335. The Morgan fingerprint density at radius 3 is 2.30 bits per heavy atom. The molecule has 1 N–H and O–H groups in total. The van der Waals surface area contributed by atoms with Gasteiger partial charge < -0.3 is 14.6 Å². The van der Waals surface area contributed by atoms with Crippen LogP contribution in [-0.4, -0.2) is 41.1 Å². The second-order valence-corrected chi connectivity index (χ2v) is 4.62. The van der Waals surface area contributed by atoms with Crippen molar-refractivity contribution in [2.45, 2.75) is 45.0 Å². The van der Waals surface area contributed by atoms with Crippen molar-refractivity contribution in [1.29, 1.82) is 0 Å². The van der Waals surface area contributed by atoms with Crippen LogP contribution in [0.5, 0.6) is 0 Å². The Morgan fingerprint density at radius 1 is 1.00 bits per heavy atom. The van der Waals surface area contributed by atoms with Gasteiger partial charge in [0.05, 0.1) is 0 Å². The van der Waals surface area contributed by atoms with Crippen LogP contribution in [-0.2, 0) is 23.9 Å². The molecule has 3 atom stereocenters. The van der Waals surface area contributed by atoms with Gasteiger partial charge in [-0.3, -0.25) is 4.79 Å². The molecule has 0 saturated carbocycles. The molecule has 1 rings (SSSR count). The molecule has 1 aliphatic rings. The summed E-state index contributed by atoms with van der Waals surface area (Å²) in [6.45, 7) is 3.24. The highest BCUT2D eigenvalue weighted by Gasteiger charge is 2.19. The number of carbonyl (C=O) groups excluding carboxylic acids is 3. The summed E-state index contributed by atoms with van der Waals surface area (Å²) < 4.78 is 9.97. The van der Waals surface area contributed by atoms with Crippen LogP contribution in [0.15, 0.2) is 24.3 Å². The van der Waals surface area contributed by atoms with Gasteiger partial charge in [-0.05, 0) is 19.9 Å². The number of hydrogen-bond donors (Lipinski definition) is 1. The summed E-state index contributed by atoms with van der Waals surface area (Å²) in [6.07, 6.45) is 2.69. The van der Waals surface area contributed by atoms with Gasteiger partial charge in [-0.2, -0.15) is 0 Å². The monoisotopic (exact) mass is 282 g/mol. The van der Waals surface area contributed by atoms with Gasteiger partial charge in [-0.25, -0.2) is 9.59 Å². The molecule has 0 aromatic rings.